The Labute approximate surface area is 180 Å². The summed E-state index contributed by atoms with van der Waals surface area (Å²) in [6, 6.07) is 16.2. The second-order valence-electron chi connectivity index (χ2n) is 8.17. The van der Waals surface area contributed by atoms with E-state index in [0.29, 0.717) is 27.7 Å². The molecule has 0 saturated carbocycles. The predicted octanol–water partition coefficient (Wildman–Crippen LogP) is 3.99. The summed E-state index contributed by atoms with van der Waals surface area (Å²) in [5, 5.41) is 5.40. The Bertz CT molecular complexity index is 1130. The lowest BCUT2D eigenvalue weighted by Crippen LogP contribution is -2.49. The number of esters is 1. The number of hydrogen-bond donors (Lipinski definition) is 2. The largest absolute Gasteiger partial charge is 0.452 e. The van der Waals surface area contributed by atoms with Gasteiger partial charge in [0.1, 0.15) is 0 Å². The number of aromatic nitrogens is 1. The van der Waals surface area contributed by atoms with Crippen molar-refractivity contribution in [2.24, 2.45) is 0 Å². The van der Waals surface area contributed by atoms with Crippen LogP contribution in [0.15, 0.2) is 54.6 Å². The molecule has 3 amide bonds. The van der Waals surface area contributed by atoms with Crippen LogP contribution in [0, 0.1) is 6.92 Å². The Morgan fingerprint density at radius 3 is 2.29 bits per heavy atom. The number of benzene rings is 2. The molecule has 0 atom stereocenters. The van der Waals surface area contributed by atoms with Crippen molar-refractivity contribution in [3.8, 4) is 11.3 Å². The number of nitrogens with one attached hydrogen (secondary N) is 2. The fraction of sp³-hybridized carbons (Fsp3) is 0.250. The van der Waals surface area contributed by atoms with E-state index in [-0.39, 0.29) is 0 Å². The molecule has 0 spiro atoms. The third-order valence-electron chi connectivity index (χ3n) is 4.46. The fourth-order valence-corrected chi connectivity index (χ4v) is 3.19. The summed E-state index contributed by atoms with van der Waals surface area (Å²) in [4.78, 5) is 41.5. The van der Waals surface area contributed by atoms with Crippen molar-refractivity contribution in [3.63, 3.8) is 0 Å². The zero-order valence-electron chi connectivity index (χ0n) is 18.0. The first-order valence-corrected chi connectivity index (χ1v) is 9.89. The van der Waals surface area contributed by atoms with E-state index >= 15 is 0 Å². The predicted molar refractivity (Wildman–Crippen MR) is 119 cm³/mol. The van der Waals surface area contributed by atoms with Crippen molar-refractivity contribution < 1.29 is 19.1 Å². The topological polar surface area (TPSA) is 97.4 Å². The molecule has 7 nitrogen and oxygen atoms in total. The second-order valence-corrected chi connectivity index (χ2v) is 8.17. The molecule has 0 aliphatic heterocycles. The van der Waals surface area contributed by atoms with E-state index in [0.717, 1.165) is 5.56 Å². The van der Waals surface area contributed by atoms with Gasteiger partial charge in [0.25, 0.3) is 5.91 Å². The number of ether oxygens (including phenoxy) is 1. The van der Waals surface area contributed by atoms with Gasteiger partial charge in [-0.15, -0.1) is 0 Å². The second kappa shape index (κ2) is 8.95. The van der Waals surface area contributed by atoms with Gasteiger partial charge in [0.15, 0.2) is 6.61 Å². The average Bonchev–Trinajstić information content (AvgIpc) is 2.70. The van der Waals surface area contributed by atoms with Crippen molar-refractivity contribution in [2.45, 2.75) is 33.2 Å². The Balaban J connectivity index is 1.85. The summed E-state index contributed by atoms with van der Waals surface area (Å²) in [6.07, 6.45) is 0. The first-order valence-electron chi connectivity index (χ1n) is 9.89. The number of hydrogen-bond acceptors (Lipinski definition) is 5. The van der Waals surface area contributed by atoms with Crippen LogP contribution >= 0.6 is 0 Å². The zero-order valence-corrected chi connectivity index (χ0v) is 18.0. The molecule has 2 aromatic carbocycles. The molecule has 1 aromatic heterocycles. The highest BCUT2D eigenvalue weighted by atomic mass is 16.5. The fourth-order valence-electron chi connectivity index (χ4n) is 3.19. The molecule has 0 saturated heterocycles. The molecule has 3 rings (SSSR count). The van der Waals surface area contributed by atoms with E-state index in [9.17, 15) is 14.4 Å². The lowest BCUT2D eigenvalue weighted by atomic mass is 9.98. The number of rotatable bonds is 4. The molecule has 0 aliphatic rings. The number of para-hydroxylation sites is 1. The lowest BCUT2D eigenvalue weighted by molar-refractivity contribution is -0.123. The van der Waals surface area contributed by atoms with E-state index < -0.39 is 30.1 Å². The maximum absolute atomic E-state index is 13.0. The van der Waals surface area contributed by atoms with Crippen molar-refractivity contribution in [1.29, 1.82) is 0 Å². The van der Waals surface area contributed by atoms with Crippen LogP contribution in [0.25, 0.3) is 22.2 Å². The van der Waals surface area contributed by atoms with Gasteiger partial charge >= 0.3 is 12.0 Å². The van der Waals surface area contributed by atoms with E-state index in [2.05, 4.69) is 10.6 Å². The van der Waals surface area contributed by atoms with Crippen LogP contribution in [-0.2, 0) is 9.53 Å². The number of fused-ring (bicyclic) bond motifs is 1. The molecular formula is C24H25N3O4. The smallest absolute Gasteiger partial charge is 0.339 e. The minimum absolute atomic E-state index is 0.344. The van der Waals surface area contributed by atoms with Crippen LogP contribution in [0.5, 0.6) is 0 Å². The van der Waals surface area contributed by atoms with Gasteiger partial charge in [0.2, 0.25) is 0 Å². The normalized spacial score (nSPS) is 11.1. The summed E-state index contributed by atoms with van der Waals surface area (Å²) in [5.74, 6) is -1.37. The number of imide groups is 1. The molecule has 0 bridgehead atoms. The summed E-state index contributed by atoms with van der Waals surface area (Å²) in [5.41, 5.74) is 2.68. The molecule has 7 heteroatoms. The Kier molecular flexibility index (Phi) is 6.34. The van der Waals surface area contributed by atoms with Crippen molar-refractivity contribution in [3.05, 3.63) is 65.7 Å². The molecule has 0 unspecified atom stereocenters. The third-order valence-corrected chi connectivity index (χ3v) is 4.46. The van der Waals surface area contributed by atoms with Gasteiger partial charge in [-0.05, 0) is 39.3 Å². The van der Waals surface area contributed by atoms with E-state index in [1.54, 1.807) is 33.8 Å². The highest BCUT2D eigenvalue weighted by Gasteiger charge is 2.22. The minimum atomic E-state index is -0.714. The first-order chi connectivity index (χ1) is 14.7. The summed E-state index contributed by atoms with van der Waals surface area (Å²) < 4.78 is 5.24. The number of urea groups is 1. The van der Waals surface area contributed by atoms with Gasteiger partial charge < -0.3 is 10.1 Å². The number of carbonyl (C=O) groups excluding carboxylic acids is 3. The highest BCUT2D eigenvalue weighted by molar-refractivity contribution is 6.07. The quantitative estimate of drug-likeness (QED) is 0.623. The molecule has 1 heterocycles. The van der Waals surface area contributed by atoms with E-state index in [4.69, 9.17) is 9.72 Å². The van der Waals surface area contributed by atoms with Gasteiger partial charge in [-0.2, -0.15) is 0 Å². The zero-order chi connectivity index (χ0) is 22.6. The van der Waals surface area contributed by atoms with E-state index in [1.807, 2.05) is 48.5 Å². The molecule has 0 radical (unpaired) electrons. The number of carbonyl (C=O) groups is 3. The Hall–Kier alpha value is -3.74. The van der Waals surface area contributed by atoms with Gasteiger partial charge in [0, 0.05) is 16.5 Å². The standard InChI is InChI=1S/C24H25N3O4/c1-15-20(22(29)31-14-19(28)26-23(30)27-24(2,3)4)17-12-8-9-13-18(17)25-21(15)16-10-6-5-7-11-16/h5-13H,14H2,1-4H3,(H2,26,27,28,30). The maximum atomic E-state index is 13.0. The summed E-state index contributed by atoms with van der Waals surface area (Å²) in [6.45, 7) is 6.60. The monoisotopic (exact) mass is 419 g/mol. The first kappa shape index (κ1) is 22.0. The van der Waals surface area contributed by atoms with Crippen LogP contribution < -0.4 is 10.6 Å². The van der Waals surface area contributed by atoms with Gasteiger partial charge in [-0.3, -0.25) is 10.1 Å². The van der Waals surface area contributed by atoms with Gasteiger partial charge in [-0.1, -0.05) is 48.5 Å². The number of pyridine rings is 1. The third kappa shape index (κ3) is 5.45. The van der Waals surface area contributed by atoms with Gasteiger partial charge in [-0.25, -0.2) is 14.6 Å². The molecule has 0 fully saturated rings. The summed E-state index contributed by atoms with van der Waals surface area (Å²) in [7, 11) is 0. The van der Waals surface area contributed by atoms with Crippen molar-refractivity contribution in [1.82, 2.24) is 15.6 Å². The van der Waals surface area contributed by atoms with Crippen LogP contribution in [0.3, 0.4) is 0 Å². The lowest BCUT2D eigenvalue weighted by Gasteiger charge is -2.20. The van der Waals surface area contributed by atoms with Crippen LogP contribution in [-0.4, -0.2) is 35.0 Å². The van der Waals surface area contributed by atoms with Crippen LogP contribution in [0.2, 0.25) is 0 Å². The minimum Gasteiger partial charge on any atom is -0.452 e. The maximum Gasteiger partial charge on any atom is 0.339 e. The number of nitrogens with zero attached hydrogens (tertiary/aromatic N) is 1. The number of amides is 3. The van der Waals surface area contributed by atoms with Crippen molar-refractivity contribution in [2.75, 3.05) is 6.61 Å². The SMILES string of the molecule is Cc1c(-c2ccccc2)nc2ccccc2c1C(=O)OCC(=O)NC(=O)NC(C)(C)C. The Morgan fingerprint density at radius 1 is 0.968 bits per heavy atom. The van der Waals surface area contributed by atoms with Crippen molar-refractivity contribution >= 4 is 28.8 Å². The molecule has 2 N–H and O–H groups in total. The van der Waals surface area contributed by atoms with E-state index in [1.165, 1.54) is 0 Å². The molecule has 3 aromatic rings. The van der Waals surface area contributed by atoms with Gasteiger partial charge in [0.05, 0.1) is 16.8 Å². The average molecular weight is 419 g/mol. The van der Waals surface area contributed by atoms with Crippen LogP contribution in [0.1, 0.15) is 36.7 Å². The molecular weight excluding hydrogens is 394 g/mol. The molecule has 160 valence electrons. The molecule has 31 heavy (non-hydrogen) atoms. The summed E-state index contributed by atoms with van der Waals surface area (Å²) >= 11 is 0. The molecule has 0 aliphatic carbocycles. The highest BCUT2D eigenvalue weighted by Crippen LogP contribution is 2.30. The van der Waals surface area contributed by atoms with Crippen LogP contribution in [0.4, 0.5) is 4.79 Å². The Morgan fingerprint density at radius 2 is 1.61 bits per heavy atom.